The molecule has 2 aromatic carbocycles. The number of carbonyl (C=O) groups excluding carboxylic acids is 1. The number of carbonyl (C=O) groups is 1. The molecule has 3 aromatic rings. The van der Waals surface area contributed by atoms with Crippen LogP contribution in [0.5, 0.6) is 5.75 Å². The molecule has 3 rings (SSSR count). The molecule has 136 valence electrons. The lowest BCUT2D eigenvalue weighted by Crippen LogP contribution is -2.10. The third-order valence-electron chi connectivity index (χ3n) is 3.87. The van der Waals surface area contributed by atoms with Crippen LogP contribution in [0, 0.1) is 11.6 Å². The van der Waals surface area contributed by atoms with Crippen molar-refractivity contribution in [3.8, 4) is 17.1 Å². The summed E-state index contributed by atoms with van der Waals surface area (Å²) in [5.74, 6) is -0.885. The van der Waals surface area contributed by atoms with Crippen molar-refractivity contribution in [2.75, 3.05) is 7.11 Å². The zero-order valence-corrected chi connectivity index (χ0v) is 14.6. The van der Waals surface area contributed by atoms with E-state index in [0.717, 1.165) is 0 Å². The number of methoxy groups -OCH3 is 1. The van der Waals surface area contributed by atoms with Crippen LogP contribution in [0.4, 0.5) is 8.78 Å². The zero-order chi connectivity index (χ0) is 18.8. The van der Waals surface area contributed by atoms with Crippen LogP contribution < -0.4 is 4.74 Å². The predicted molar refractivity (Wildman–Crippen MR) is 93.4 cm³/mol. The summed E-state index contributed by atoms with van der Waals surface area (Å²) in [6.07, 6.45) is 0.267. The van der Waals surface area contributed by atoms with Crippen molar-refractivity contribution in [2.45, 2.75) is 26.6 Å². The van der Waals surface area contributed by atoms with Gasteiger partial charge in [-0.3, -0.25) is 4.79 Å². The summed E-state index contributed by atoms with van der Waals surface area (Å²) in [5, 5.41) is 0.0369. The van der Waals surface area contributed by atoms with Gasteiger partial charge in [-0.15, -0.1) is 0 Å². The molecule has 0 aliphatic heterocycles. The first-order valence-corrected chi connectivity index (χ1v) is 8.10. The molecule has 0 atom stereocenters. The highest BCUT2D eigenvalue weighted by molar-refractivity contribution is 6.03. The van der Waals surface area contributed by atoms with E-state index in [1.54, 1.807) is 19.9 Å². The summed E-state index contributed by atoms with van der Waals surface area (Å²) in [6, 6.07) is 7.03. The highest BCUT2D eigenvalue weighted by Crippen LogP contribution is 2.39. The third-order valence-corrected chi connectivity index (χ3v) is 3.87. The first kappa shape index (κ1) is 18.1. The lowest BCUT2D eigenvalue weighted by atomic mass is 10.0. The van der Waals surface area contributed by atoms with Gasteiger partial charge in [0.2, 0.25) is 0 Å². The summed E-state index contributed by atoms with van der Waals surface area (Å²) >= 11 is 0. The minimum atomic E-state index is -0.678. The normalized spacial score (nSPS) is 11.3. The Morgan fingerprint density at radius 3 is 2.46 bits per heavy atom. The molecule has 0 bridgehead atoms. The fraction of sp³-hybridized carbons (Fsp3) is 0.250. The van der Waals surface area contributed by atoms with Crippen LogP contribution in [0.1, 0.15) is 29.8 Å². The number of ether oxygens (including phenoxy) is 2. The van der Waals surface area contributed by atoms with Crippen LogP contribution in [-0.4, -0.2) is 19.5 Å². The summed E-state index contributed by atoms with van der Waals surface area (Å²) in [4.78, 5) is 11.7. The third kappa shape index (κ3) is 3.20. The van der Waals surface area contributed by atoms with Gasteiger partial charge in [0.25, 0.3) is 0 Å². The van der Waals surface area contributed by atoms with Gasteiger partial charge >= 0.3 is 0 Å². The molecule has 0 amide bonds. The van der Waals surface area contributed by atoms with Crippen LogP contribution in [0.15, 0.2) is 34.7 Å². The van der Waals surface area contributed by atoms with Gasteiger partial charge in [0, 0.05) is 18.2 Å². The first-order valence-electron chi connectivity index (χ1n) is 8.10. The first-order chi connectivity index (χ1) is 12.5. The van der Waals surface area contributed by atoms with Crippen molar-refractivity contribution in [3.63, 3.8) is 0 Å². The number of furan rings is 1. The maximum atomic E-state index is 15.2. The standard InChI is InChI=1S/C20H18F2O4/c1-11(2)25-20-13(10-24-3)8-16-17(18(20)22)15(9-23)19(26-16)12-4-6-14(21)7-5-12/h4-9,11H,10H2,1-3H3. The topological polar surface area (TPSA) is 48.7 Å². The summed E-state index contributed by atoms with van der Waals surface area (Å²) in [6.45, 7) is 3.68. The molecular formula is C20H18F2O4. The molecule has 0 saturated heterocycles. The molecule has 0 unspecified atom stereocenters. The fourth-order valence-electron chi connectivity index (χ4n) is 2.82. The van der Waals surface area contributed by atoms with E-state index in [4.69, 9.17) is 13.9 Å². The van der Waals surface area contributed by atoms with Crippen LogP contribution in [0.25, 0.3) is 22.3 Å². The van der Waals surface area contributed by atoms with Gasteiger partial charge in [0.1, 0.15) is 17.2 Å². The molecule has 0 radical (unpaired) electrons. The maximum absolute atomic E-state index is 15.2. The zero-order valence-electron chi connectivity index (χ0n) is 14.6. The molecule has 0 saturated carbocycles. The molecule has 0 aliphatic rings. The Hall–Kier alpha value is -2.73. The van der Waals surface area contributed by atoms with Crippen LogP contribution in [0.3, 0.4) is 0 Å². The number of aldehydes is 1. The van der Waals surface area contributed by atoms with Crippen LogP contribution >= 0.6 is 0 Å². The number of hydrogen-bond donors (Lipinski definition) is 0. The van der Waals surface area contributed by atoms with Crippen molar-refractivity contribution in [1.29, 1.82) is 0 Å². The average molecular weight is 360 g/mol. The van der Waals surface area contributed by atoms with Gasteiger partial charge in [-0.2, -0.15) is 0 Å². The van der Waals surface area contributed by atoms with Crippen molar-refractivity contribution >= 4 is 17.3 Å². The Kier molecular flexibility index (Phi) is 5.04. The van der Waals surface area contributed by atoms with Crippen molar-refractivity contribution in [3.05, 3.63) is 53.1 Å². The Morgan fingerprint density at radius 2 is 1.88 bits per heavy atom. The molecule has 26 heavy (non-hydrogen) atoms. The van der Waals surface area contributed by atoms with Crippen molar-refractivity contribution in [1.82, 2.24) is 0 Å². The van der Waals surface area contributed by atoms with Gasteiger partial charge in [-0.05, 0) is 44.2 Å². The Morgan fingerprint density at radius 1 is 1.19 bits per heavy atom. The molecule has 0 fully saturated rings. The maximum Gasteiger partial charge on any atom is 0.177 e. The van der Waals surface area contributed by atoms with E-state index in [0.29, 0.717) is 17.4 Å². The second-order valence-corrected chi connectivity index (χ2v) is 6.12. The van der Waals surface area contributed by atoms with Gasteiger partial charge in [-0.25, -0.2) is 8.78 Å². The summed E-state index contributed by atoms with van der Waals surface area (Å²) in [7, 11) is 1.49. The number of rotatable bonds is 6. The van der Waals surface area contributed by atoms with Crippen LogP contribution in [0.2, 0.25) is 0 Å². The van der Waals surface area contributed by atoms with E-state index in [2.05, 4.69) is 0 Å². The predicted octanol–water partition coefficient (Wildman–Crippen LogP) is 5.12. The van der Waals surface area contributed by atoms with E-state index >= 15 is 4.39 Å². The lowest BCUT2D eigenvalue weighted by Gasteiger charge is -2.15. The molecule has 0 aliphatic carbocycles. The van der Waals surface area contributed by atoms with Crippen LogP contribution in [-0.2, 0) is 11.3 Å². The van der Waals surface area contributed by atoms with Crippen molar-refractivity contribution < 1.29 is 27.5 Å². The monoisotopic (exact) mass is 360 g/mol. The van der Waals surface area contributed by atoms with Gasteiger partial charge < -0.3 is 13.9 Å². The van der Waals surface area contributed by atoms with Crippen molar-refractivity contribution in [2.24, 2.45) is 0 Å². The highest BCUT2D eigenvalue weighted by Gasteiger charge is 2.24. The molecule has 6 heteroatoms. The second kappa shape index (κ2) is 7.25. The minimum Gasteiger partial charge on any atom is -0.488 e. The largest absolute Gasteiger partial charge is 0.488 e. The second-order valence-electron chi connectivity index (χ2n) is 6.12. The van der Waals surface area contributed by atoms with E-state index in [1.165, 1.54) is 31.4 Å². The molecule has 1 heterocycles. The lowest BCUT2D eigenvalue weighted by molar-refractivity contribution is 0.112. The van der Waals surface area contributed by atoms with Gasteiger partial charge in [-0.1, -0.05) is 0 Å². The Labute approximate surface area is 149 Å². The Bertz CT molecular complexity index is 943. The Balaban J connectivity index is 2.29. The molecule has 0 N–H and O–H groups in total. The highest BCUT2D eigenvalue weighted by atomic mass is 19.1. The van der Waals surface area contributed by atoms with E-state index in [-0.39, 0.29) is 40.8 Å². The SMILES string of the molecule is COCc1cc2oc(-c3ccc(F)cc3)c(C=O)c2c(F)c1OC(C)C. The number of halogens is 2. The minimum absolute atomic E-state index is 0.0314. The quantitative estimate of drug-likeness (QED) is 0.572. The van der Waals surface area contributed by atoms with E-state index in [9.17, 15) is 9.18 Å². The summed E-state index contributed by atoms with van der Waals surface area (Å²) < 4.78 is 44.8. The summed E-state index contributed by atoms with van der Waals surface area (Å²) in [5.41, 5.74) is 1.21. The number of fused-ring (bicyclic) bond motifs is 1. The van der Waals surface area contributed by atoms with E-state index < -0.39 is 11.6 Å². The molecule has 4 nitrogen and oxygen atoms in total. The van der Waals surface area contributed by atoms with E-state index in [1.807, 2.05) is 0 Å². The number of benzene rings is 2. The molecule has 0 spiro atoms. The fourth-order valence-corrected chi connectivity index (χ4v) is 2.82. The molecular weight excluding hydrogens is 342 g/mol. The molecule has 1 aromatic heterocycles. The van der Waals surface area contributed by atoms with Gasteiger partial charge in [0.15, 0.2) is 17.9 Å². The van der Waals surface area contributed by atoms with Gasteiger partial charge in [0.05, 0.1) is 23.7 Å². The smallest absolute Gasteiger partial charge is 0.177 e. The number of hydrogen-bond acceptors (Lipinski definition) is 4. The average Bonchev–Trinajstić information content (AvgIpc) is 2.97.